The molecule has 0 aromatic carbocycles. The molecule has 0 aliphatic carbocycles. The fraction of sp³-hybridized carbons (Fsp3) is 0.923. The Bertz CT molecular complexity index is 219. The number of ether oxygens (including phenoxy) is 1. The van der Waals surface area contributed by atoms with E-state index in [-0.39, 0.29) is 5.91 Å². The highest BCUT2D eigenvalue weighted by molar-refractivity contribution is 5.84. The molecule has 0 bridgehead atoms. The second kappa shape index (κ2) is 8.48. The van der Waals surface area contributed by atoms with Gasteiger partial charge in [-0.15, -0.1) is 0 Å². The largest absolute Gasteiger partial charge is 0.379 e. The molecule has 0 heterocycles. The van der Waals surface area contributed by atoms with E-state index >= 15 is 0 Å². The number of carbonyl (C=O) groups is 1. The first-order valence-corrected chi connectivity index (χ1v) is 6.55. The van der Waals surface area contributed by atoms with Crippen molar-refractivity contribution in [3.8, 4) is 0 Å². The number of rotatable bonds is 10. The summed E-state index contributed by atoms with van der Waals surface area (Å²) >= 11 is 0. The van der Waals surface area contributed by atoms with Crippen LogP contribution in [0.5, 0.6) is 0 Å². The molecule has 4 heteroatoms. The Morgan fingerprint density at radius 3 is 2.59 bits per heavy atom. The number of hydrogen-bond donors (Lipinski definition) is 2. The van der Waals surface area contributed by atoms with Gasteiger partial charge in [0.05, 0.1) is 6.61 Å². The van der Waals surface area contributed by atoms with Crippen LogP contribution in [0.3, 0.4) is 0 Å². The van der Waals surface area contributed by atoms with Crippen LogP contribution in [0.25, 0.3) is 0 Å². The van der Waals surface area contributed by atoms with Crippen LogP contribution in [0, 0.1) is 5.92 Å². The second-order valence-electron chi connectivity index (χ2n) is 5.21. The topological polar surface area (TPSA) is 64.3 Å². The van der Waals surface area contributed by atoms with Gasteiger partial charge >= 0.3 is 0 Å². The van der Waals surface area contributed by atoms with Crippen LogP contribution >= 0.6 is 0 Å². The van der Waals surface area contributed by atoms with Crippen LogP contribution in [0.2, 0.25) is 0 Å². The van der Waals surface area contributed by atoms with E-state index in [2.05, 4.69) is 26.1 Å². The fourth-order valence-electron chi connectivity index (χ4n) is 1.48. The lowest BCUT2D eigenvalue weighted by Gasteiger charge is -2.27. The average Bonchev–Trinajstić information content (AvgIpc) is 2.25. The maximum Gasteiger partial charge on any atom is 0.239 e. The molecule has 0 aromatic heterocycles. The van der Waals surface area contributed by atoms with Gasteiger partial charge in [-0.05, 0) is 38.6 Å². The molecule has 3 N–H and O–H groups in total. The molecule has 0 aromatic rings. The van der Waals surface area contributed by atoms with Crippen LogP contribution in [-0.4, -0.2) is 31.2 Å². The van der Waals surface area contributed by atoms with Gasteiger partial charge in [0.1, 0.15) is 5.54 Å². The fourth-order valence-corrected chi connectivity index (χ4v) is 1.48. The zero-order chi connectivity index (χ0) is 13.3. The number of nitrogens with two attached hydrogens (primary N) is 1. The molecule has 1 amide bonds. The Hall–Kier alpha value is -0.610. The first-order chi connectivity index (χ1) is 7.92. The molecule has 0 aliphatic rings. The SMILES string of the molecule is CCCNC(C)(COCCCC(C)C)C(N)=O. The Morgan fingerprint density at radius 2 is 2.12 bits per heavy atom. The van der Waals surface area contributed by atoms with E-state index in [0.29, 0.717) is 19.1 Å². The summed E-state index contributed by atoms with van der Waals surface area (Å²) in [5.74, 6) is 0.342. The van der Waals surface area contributed by atoms with Crippen LogP contribution in [0.4, 0.5) is 0 Å². The van der Waals surface area contributed by atoms with Gasteiger partial charge in [0.25, 0.3) is 0 Å². The van der Waals surface area contributed by atoms with Crippen molar-refractivity contribution in [1.82, 2.24) is 5.32 Å². The van der Waals surface area contributed by atoms with Gasteiger partial charge in [-0.1, -0.05) is 20.8 Å². The Morgan fingerprint density at radius 1 is 1.47 bits per heavy atom. The summed E-state index contributed by atoms with van der Waals surface area (Å²) in [4.78, 5) is 11.4. The van der Waals surface area contributed by atoms with Gasteiger partial charge < -0.3 is 15.8 Å². The van der Waals surface area contributed by atoms with E-state index in [0.717, 1.165) is 25.8 Å². The molecule has 0 rings (SSSR count). The first-order valence-electron chi connectivity index (χ1n) is 6.55. The highest BCUT2D eigenvalue weighted by Gasteiger charge is 2.30. The predicted octanol–water partition coefficient (Wildman–Crippen LogP) is 1.68. The summed E-state index contributed by atoms with van der Waals surface area (Å²) in [7, 11) is 0. The molecule has 0 aliphatic heterocycles. The molecule has 1 atom stereocenters. The van der Waals surface area contributed by atoms with Crippen LogP contribution < -0.4 is 11.1 Å². The predicted molar refractivity (Wildman–Crippen MR) is 70.8 cm³/mol. The van der Waals surface area contributed by atoms with Crippen molar-refractivity contribution < 1.29 is 9.53 Å². The van der Waals surface area contributed by atoms with Gasteiger partial charge in [-0.3, -0.25) is 4.79 Å². The lowest BCUT2D eigenvalue weighted by Crippen LogP contribution is -2.56. The molecule has 4 nitrogen and oxygen atoms in total. The van der Waals surface area contributed by atoms with E-state index in [4.69, 9.17) is 10.5 Å². The molecule has 17 heavy (non-hydrogen) atoms. The van der Waals surface area contributed by atoms with Gasteiger partial charge in [-0.2, -0.15) is 0 Å². The molecule has 0 fully saturated rings. The van der Waals surface area contributed by atoms with E-state index in [9.17, 15) is 4.79 Å². The third-order valence-electron chi connectivity index (χ3n) is 2.77. The molecule has 0 saturated carbocycles. The van der Waals surface area contributed by atoms with E-state index in [1.807, 2.05) is 0 Å². The van der Waals surface area contributed by atoms with Crippen molar-refractivity contribution in [2.45, 2.75) is 52.5 Å². The summed E-state index contributed by atoms with van der Waals surface area (Å²) in [5, 5.41) is 3.15. The highest BCUT2D eigenvalue weighted by Crippen LogP contribution is 2.07. The smallest absolute Gasteiger partial charge is 0.239 e. The van der Waals surface area contributed by atoms with Crippen molar-refractivity contribution in [3.05, 3.63) is 0 Å². The van der Waals surface area contributed by atoms with Gasteiger partial charge in [0.15, 0.2) is 0 Å². The zero-order valence-electron chi connectivity index (χ0n) is 11.7. The van der Waals surface area contributed by atoms with E-state index in [1.54, 1.807) is 6.92 Å². The number of hydrogen-bond acceptors (Lipinski definition) is 3. The molecular formula is C13H28N2O2. The van der Waals surface area contributed by atoms with Crippen molar-refractivity contribution in [1.29, 1.82) is 0 Å². The quantitative estimate of drug-likeness (QED) is 0.575. The third kappa shape index (κ3) is 7.34. The Kier molecular flexibility index (Phi) is 8.17. The van der Waals surface area contributed by atoms with Crippen molar-refractivity contribution in [2.24, 2.45) is 11.7 Å². The molecule has 0 radical (unpaired) electrons. The minimum atomic E-state index is -0.742. The van der Waals surface area contributed by atoms with Crippen LogP contribution in [-0.2, 0) is 9.53 Å². The molecule has 102 valence electrons. The number of carbonyl (C=O) groups excluding carboxylic acids is 1. The lowest BCUT2D eigenvalue weighted by molar-refractivity contribution is -0.126. The molecule has 0 spiro atoms. The summed E-state index contributed by atoms with van der Waals surface area (Å²) in [6, 6.07) is 0. The number of amides is 1. The average molecular weight is 244 g/mol. The van der Waals surface area contributed by atoms with Crippen LogP contribution in [0.1, 0.15) is 47.0 Å². The lowest BCUT2D eigenvalue weighted by atomic mass is 10.0. The maximum atomic E-state index is 11.4. The second-order valence-corrected chi connectivity index (χ2v) is 5.21. The number of nitrogens with one attached hydrogen (secondary N) is 1. The summed E-state index contributed by atoms with van der Waals surface area (Å²) < 4.78 is 5.54. The minimum Gasteiger partial charge on any atom is -0.379 e. The summed E-state index contributed by atoms with van der Waals surface area (Å²) in [6.07, 6.45) is 3.15. The molecule has 1 unspecified atom stereocenters. The zero-order valence-corrected chi connectivity index (χ0v) is 11.7. The standard InChI is InChI=1S/C13H28N2O2/c1-5-8-15-13(4,12(14)16)10-17-9-6-7-11(2)3/h11,15H,5-10H2,1-4H3,(H2,14,16). The Labute approximate surface area is 105 Å². The monoisotopic (exact) mass is 244 g/mol. The van der Waals surface area contributed by atoms with Crippen molar-refractivity contribution >= 4 is 5.91 Å². The summed E-state index contributed by atoms with van der Waals surface area (Å²) in [6.45, 7) is 10.0. The Balaban J connectivity index is 3.88. The van der Waals surface area contributed by atoms with Gasteiger partial charge in [0.2, 0.25) is 5.91 Å². The minimum absolute atomic E-state index is 0.348. The third-order valence-corrected chi connectivity index (χ3v) is 2.77. The van der Waals surface area contributed by atoms with Crippen molar-refractivity contribution in [2.75, 3.05) is 19.8 Å². The highest BCUT2D eigenvalue weighted by atomic mass is 16.5. The van der Waals surface area contributed by atoms with E-state index < -0.39 is 5.54 Å². The first kappa shape index (κ1) is 16.4. The van der Waals surface area contributed by atoms with Crippen LogP contribution in [0.15, 0.2) is 0 Å². The molecular weight excluding hydrogens is 216 g/mol. The van der Waals surface area contributed by atoms with Crippen molar-refractivity contribution in [3.63, 3.8) is 0 Å². The molecule has 0 saturated heterocycles. The maximum absolute atomic E-state index is 11.4. The summed E-state index contributed by atoms with van der Waals surface area (Å²) in [5.41, 5.74) is 4.65. The normalized spacial score (nSPS) is 14.9. The number of primary amides is 1. The van der Waals surface area contributed by atoms with E-state index in [1.165, 1.54) is 0 Å². The van der Waals surface area contributed by atoms with Gasteiger partial charge in [0, 0.05) is 6.61 Å². The van der Waals surface area contributed by atoms with Gasteiger partial charge in [-0.25, -0.2) is 0 Å².